The SMILES string of the molecule is CC(C)CC(C(N)=O)N1CCN(C(=O)CNC(=O)[C@@H](C)NC(=O)[C@@H](N)Cc2ccc(O)cc2)C(Cc2ccccc2)C1=O. The van der Waals surface area contributed by atoms with Crippen molar-refractivity contribution >= 4 is 29.5 Å². The Balaban J connectivity index is 1.63. The molecule has 1 fully saturated rings. The fraction of sp³-hybridized carbons (Fsp3) is 0.452. The monoisotopic (exact) mass is 594 g/mol. The smallest absolute Gasteiger partial charge is 0.246 e. The molecule has 2 aromatic rings. The third-order valence-corrected chi connectivity index (χ3v) is 7.41. The molecule has 0 aliphatic carbocycles. The highest BCUT2D eigenvalue weighted by atomic mass is 16.3. The van der Waals surface area contributed by atoms with E-state index in [0.29, 0.717) is 6.42 Å². The molecule has 1 aliphatic rings. The summed E-state index contributed by atoms with van der Waals surface area (Å²) in [6.45, 7) is 5.27. The van der Waals surface area contributed by atoms with E-state index in [1.165, 1.54) is 28.9 Å². The number of benzene rings is 2. The third-order valence-electron chi connectivity index (χ3n) is 7.41. The van der Waals surface area contributed by atoms with Gasteiger partial charge in [-0.05, 0) is 48.9 Å². The highest BCUT2D eigenvalue weighted by molar-refractivity contribution is 5.95. The average Bonchev–Trinajstić information content (AvgIpc) is 2.97. The zero-order valence-electron chi connectivity index (χ0n) is 24.9. The zero-order chi connectivity index (χ0) is 31.7. The van der Waals surface area contributed by atoms with Crippen molar-refractivity contribution in [1.82, 2.24) is 20.4 Å². The molecule has 1 saturated heterocycles. The largest absolute Gasteiger partial charge is 0.508 e. The molecular weight excluding hydrogens is 552 g/mol. The van der Waals surface area contributed by atoms with Gasteiger partial charge in [-0.15, -0.1) is 0 Å². The molecule has 12 nitrogen and oxygen atoms in total. The Hall–Kier alpha value is -4.45. The van der Waals surface area contributed by atoms with Crippen LogP contribution in [0.15, 0.2) is 54.6 Å². The Morgan fingerprint density at radius 1 is 0.953 bits per heavy atom. The third kappa shape index (κ3) is 9.27. The Bertz CT molecular complexity index is 1290. The molecule has 1 aliphatic heterocycles. The second-order valence-electron chi connectivity index (χ2n) is 11.3. The maximum atomic E-state index is 13.7. The van der Waals surface area contributed by atoms with Crippen molar-refractivity contribution in [3.05, 3.63) is 65.7 Å². The number of piperazine rings is 1. The average molecular weight is 595 g/mol. The first kappa shape index (κ1) is 33.1. The van der Waals surface area contributed by atoms with Crippen molar-refractivity contribution in [1.29, 1.82) is 0 Å². The number of hydrogen-bond acceptors (Lipinski definition) is 7. The molecule has 43 heavy (non-hydrogen) atoms. The lowest BCUT2D eigenvalue weighted by Crippen LogP contribution is -2.64. The first-order valence-corrected chi connectivity index (χ1v) is 14.4. The van der Waals surface area contributed by atoms with Gasteiger partial charge in [-0.2, -0.15) is 0 Å². The number of carbonyl (C=O) groups is 5. The quantitative estimate of drug-likeness (QED) is 0.217. The summed E-state index contributed by atoms with van der Waals surface area (Å²) in [7, 11) is 0. The predicted octanol–water partition coefficient (Wildman–Crippen LogP) is 0.0650. The van der Waals surface area contributed by atoms with Crippen molar-refractivity contribution in [2.45, 2.75) is 64.2 Å². The lowest BCUT2D eigenvalue weighted by Gasteiger charge is -2.43. The van der Waals surface area contributed by atoms with Crippen LogP contribution in [0, 0.1) is 5.92 Å². The standard InChI is InChI=1S/C31H42N6O6/c1-19(2)15-25(28(33)40)37-14-13-36(26(31(37)43)17-21-7-5-4-6-8-21)27(39)18-34-29(41)20(3)35-30(42)24(32)16-22-9-11-23(38)12-10-22/h4-12,19-20,24-26,38H,13-18,32H2,1-3H3,(H2,33,40)(H,34,41)(H,35,42)/t20-,24+,25?,26?/m1/s1. The van der Waals surface area contributed by atoms with Crippen LogP contribution in [0.1, 0.15) is 38.3 Å². The summed E-state index contributed by atoms with van der Waals surface area (Å²) in [6, 6.07) is 11.9. The number of rotatable bonds is 13. The number of nitrogens with zero attached hydrogens (tertiary/aromatic N) is 2. The van der Waals surface area contributed by atoms with E-state index in [0.717, 1.165) is 11.1 Å². The second kappa shape index (κ2) is 15.1. The Morgan fingerprint density at radius 3 is 2.21 bits per heavy atom. The van der Waals surface area contributed by atoms with Gasteiger partial charge in [0.05, 0.1) is 12.6 Å². The minimum Gasteiger partial charge on any atom is -0.508 e. The van der Waals surface area contributed by atoms with Gasteiger partial charge in [0.15, 0.2) is 0 Å². The van der Waals surface area contributed by atoms with Crippen molar-refractivity contribution in [2.24, 2.45) is 17.4 Å². The van der Waals surface area contributed by atoms with Gasteiger partial charge in [0.25, 0.3) is 0 Å². The maximum absolute atomic E-state index is 13.7. The van der Waals surface area contributed by atoms with Crippen LogP contribution in [0.2, 0.25) is 0 Å². The summed E-state index contributed by atoms with van der Waals surface area (Å²) in [4.78, 5) is 67.5. The predicted molar refractivity (Wildman–Crippen MR) is 160 cm³/mol. The van der Waals surface area contributed by atoms with E-state index in [9.17, 15) is 29.1 Å². The van der Waals surface area contributed by atoms with Gasteiger partial charge in [0, 0.05) is 19.5 Å². The lowest BCUT2D eigenvalue weighted by atomic mass is 9.96. The minimum absolute atomic E-state index is 0.0974. The normalized spacial score (nSPS) is 17.2. The fourth-order valence-corrected chi connectivity index (χ4v) is 5.07. The summed E-state index contributed by atoms with van der Waals surface area (Å²) in [5, 5.41) is 14.5. The minimum atomic E-state index is -0.975. The highest BCUT2D eigenvalue weighted by Crippen LogP contribution is 2.22. The van der Waals surface area contributed by atoms with Crippen LogP contribution in [0.25, 0.3) is 0 Å². The molecular formula is C31H42N6O6. The molecule has 0 spiro atoms. The number of hydrogen-bond donors (Lipinski definition) is 5. The first-order valence-electron chi connectivity index (χ1n) is 14.4. The van der Waals surface area contributed by atoms with Gasteiger partial charge < -0.3 is 37.0 Å². The molecule has 232 valence electrons. The van der Waals surface area contributed by atoms with Gasteiger partial charge in [0.1, 0.15) is 23.9 Å². The van der Waals surface area contributed by atoms with E-state index in [2.05, 4.69) is 10.6 Å². The van der Waals surface area contributed by atoms with Crippen molar-refractivity contribution in [3.63, 3.8) is 0 Å². The van der Waals surface area contributed by atoms with Crippen LogP contribution in [-0.2, 0) is 36.8 Å². The molecule has 12 heteroatoms. The molecule has 3 rings (SSSR count). The number of aromatic hydroxyl groups is 1. The van der Waals surface area contributed by atoms with Crippen LogP contribution in [0.3, 0.4) is 0 Å². The number of carbonyl (C=O) groups excluding carboxylic acids is 5. The van der Waals surface area contributed by atoms with Crippen molar-refractivity contribution < 1.29 is 29.1 Å². The Morgan fingerprint density at radius 2 is 1.60 bits per heavy atom. The molecule has 7 N–H and O–H groups in total. The second-order valence-corrected chi connectivity index (χ2v) is 11.3. The number of nitrogens with one attached hydrogen (secondary N) is 2. The van der Waals surface area contributed by atoms with Crippen molar-refractivity contribution in [3.8, 4) is 5.75 Å². The first-order chi connectivity index (χ1) is 20.4. The van der Waals surface area contributed by atoms with Crippen molar-refractivity contribution in [2.75, 3.05) is 19.6 Å². The van der Waals surface area contributed by atoms with Crippen LogP contribution in [0.4, 0.5) is 0 Å². The van der Waals surface area contributed by atoms with E-state index in [1.54, 1.807) is 12.1 Å². The summed E-state index contributed by atoms with van der Waals surface area (Å²) in [5.41, 5.74) is 13.2. The molecule has 2 aromatic carbocycles. The Kier molecular flexibility index (Phi) is 11.6. The van der Waals surface area contributed by atoms with Gasteiger partial charge in [-0.3, -0.25) is 24.0 Å². The summed E-state index contributed by atoms with van der Waals surface area (Å²) >= 11 is 0. The van der Waals surface area contributed by atoms with Crippen LogP contribution in [-0.4, -0.2) is 88.2 Å². The number of nitrogens with two attached hydrogens (primary N) is 2. The number of phenolic OH excluding ortho intramolecular Hbond substituents is 1. The van der Waals surface area contributed by atoms with Gasteiger partial charge >= 0.3 is 0 Å². The van der Waals surface area contributed by atoms with Crippen LogP contribution >= 0.6 is 0 Å². The van der Waals surface area contributed by atoms with E-state index in [4.69, 9.17) is 11.5 Å². The van der Waals surface area contributed by atoms with Gasteiger partial charge in [-0.25, -0.2) is 0 Å². The highest BCUT2D eigenvalue weighted by Gasteiger charge is 2.41. The summed E-state index contributed by atoms with van der Waals surface area (Å²) < 4.78 is 0. The molecule has 0 radical (unpaired) electrons. The van der Waals surface area contributed by atoms with Gasteiger partial charge in [0.2, 0.25) is 29.5 Å². The van der Waals surface area contributed by atoms with E-state index < -0.39 is 47.8 Å². The molecule has 2 unspecified atom stereocenters. The van der Waals surface area contributed by atoms with E-state index >= 15 is 0 Å². The summed E-state index contributed by atoms with van der Waals surface area (Å²) in [5.74, 6) is -2.35. The number of phenols is 1. The molecule has 0 bridgehead atoms. The molecule has 4 atom stereocenters. The van der Waals surface area contributed by atoms with Gasteiger partial charge in [-0.1, -0.05) is 56.3 Å². The lowest BCUT2D eigenvalue weighted by molar-refractivity contribution is -0.155. The zero-order valence-corrected chi connectivity index (χ0v) is 24.9. The fourth-order valence-electron chi connectivity index (χ4n) is 5.07. The topological polar surface area (TPSA) is 188 Å². The number of amides is 5. The molecule has 1 heterocycles. The Labute approximate surface area is 251 Å². The molecule has 0 saturated carbocycles. The van der Waals surface area contributed by atoms with E-state index in [-0.39, 0.29) is 50.1 Å². The molecule has 5 amide bonds. The van der Waals surface area contributed by atoms with Crippen LogP contribution in [0.5, 0.6) is 5.75 Å². The van der Waals surface area contributed by atoms with E-state index in [1.807, 2.05) is 44.2 Å². The maximum Gasteiger partial charge on any atom is 0.246 e. The molecule has 0 aromatic heterocycles. The number of primary amides is 1. The van der Waals surface area contributed by atoms with Crippen LogP contribution < -0.4 is 22.1 Å². The summed E-state index contributed by atoms with van der Waals surface area (Å²) in [6.07, 6.45) is 0.843.